The number of aliphatic hydroxyl groups is 1. The van der Waals surface area contributed by atoms with Crippen LogP contribution in [0.15, 0.2) is 97.1 Å². The standard InChI is InChI=1S/C30H27FNO6P/c31-26-12-5-4-11-24(26)27(33)16-15-25-29(32(30(25)35)21-8-2-1-3-9-21)20-13-14-23(28(34)18-20)19-7-6-10-22(17-19)39(36,37)38/h1-14,17-18,25,27,29,33-34H,15-16H2,(H2,36,37,38)/t25-,27+,29-/m1/s1. The van der Waals surface area contributed by atoms with Gasteiger partial charge in [-0.25, -0.2) is 4.39 Å². The van der Waals surface area contributed by atoms with Gasteiger partial charge in [0.2, 0.25) is 5.91 Å². The molecule has 1 fully saturated rings. The summed E-state index contributed by atoms with van der Waals surface area (Å²) < 4.78 is 25.9. The molecule has 1 saturated heterocycles. The fourth-order valence-electron chi connectivity index (χ4n) is 5.16. The molecule has 9 heteroatoms. The number of halogens is 1. The number of aliphatic hydroxyl groups excluding tert-OH is 1. The van der Waals surface area contributed by atoms with Crippen molar-refractivity contribution in [2.45, 2.75) is 25.0 Å². The predicted molar refractivity (Wildman–Crippen MR) is 146 cm³/mol. The molecule has 3 atom stereocenters. The summed E-state index contributed by atoms with van der Waals surface area (Å²) in [5.41, 5.74) is 2.36. The van der Waals surface area contributed by atoms with Crippen molar-refractivity contribution >= 4 is 24.5 Å². The van der Waals surface area contributed by atoms with E-state index in [1.165, 1.54) is 30.3 Å². The van der Waals surface area contributed by atoms with Crippen LogP contribution in [-0.4, -0.2) is 25.9 Å². The number of hydrogen-bond acceptors (Lipinski definition) is 4. The van der Waals surface area contributed by atoms with Crippen LogP contribution in [0, 0.1) is 11.7 Å². The first-order chi connectivity index (χ1) is 18.6. The molecule has 1 heterocycles. The predicted octanol–water partition coefficient (Wildman–Crippen LogP) is 5.22. The molecular weight excluding hydrogens is 520 g/mol. The van der Waals surface area contributed by atoms with Crippen molar-refractivity contribution in [1.82, 2.24) is 0 Å². The van der Waals surface area contributed by atoms with Gasteiger partial charge >= 0.3 is 7.60 Å². The molecule has 1 aliphatic heterocycles. The minimum absolute atomic E-state index is 0.104. The van der Waals surface area contributed by atoms with Gasteiger partial charge < -0.3 is 24.9 Å². The summed E-state index contributed by atoms with van der Waals surface area (Å²) in [5, 5.41) is 21.4. The first-order valence-corrected chi connectivity index (χ1v) is 14.1. The van der Waals surface area contributed by atoms with Crippen molar-refractivity contribution in [1.29, 1.82) is 0 Å². The number of benzene rings is 4. The second kappa shape index (κ2) is 10.8. The van der Waals surface area contributed by atoms with Gasteiger partial charge in [0.15, 0.2) is 0 Å². The summed E-state index contributed by atoms with van der Waals surface area (Å²) in [7, 11) is -4.47. The van der Waals surface area contributed by atoms with Crippen molar-refractivity contribution in [3.63, 3.8) is 0 Å². The molecule has 7 nitrogen and oxygen atoms in total. The van der Waals surface area contributed by atoms with Gasteiger partial charge in [-0.15, -0.1) is 0 Å². The van der Waals surface area contributed by atoms with Crippen LogP contribution in [0.25, 0.3) is 11.1 Å². The summed E-state index contributed by atoms with van der Waals surface area (Å²) in [5.74, 6) is -1.25. The fourth-order valence-corrected chi connectivity index (χ4v) is 5.74. The second-order valence-corrected chi connectivity index (χ2v) is 11.2. The monoisotopic (exact) mass is 547 g/mol. The zero-order chi connectivity index (χ0) is 27.7. The lowest BCUT2D eigenvalue weighted by atomic mass is 9.78. The van der Waals surface area contributed by atoms with Gasteiger partial charge in [-0.05, 0) is 60.4 Å². The van der Waals surface area contributed by atoms with Crippen LogP contribution in [-0.2, 0) is 9.36 Å². The first-order valence-electron chi connectivity index (χ1n) is 12.4. The average molecular weight is 548 g/mol. The maximum atomic E-state index is 14.2. The lowest BCUT2D eigenvalue weighted by Crippen LogP contribution is -2.55. The Morgan fingerprint density at radius 3 is 2.31 bits per heavy atom. The minimum atomic E-state index is -4.47. The smallest absolute Gasteiger partial charge is 0.356 e. The fraction of sp³-hybridized carbons (Fsp3) is 0.167. The van der Waals surface area contributed by atoms with Crippen molar-refractivity contribution in [2.24, 2.45) is 5.92 Å². The topological polar surface area (TPSA) is 118 Å². The van der Waals surface area contributed by atoms with E-state index in [0.717, 1.165) is 0 Å². The minimum Gasteiger partial charge on any atom is -0.507 e. The lowest BCUT2D eigenvalue weighted by molar-refractivity contribution is -0.131. The number of nitrogens with zero attached hydrogens (tertiary/aromatic N) is 1. The molecule has 0 aliphatic carbocycles. The van der Waals surface area contributed by atoms with Crippen molar-refractivity contribution in [3.05, 3.63) is 114 Å². The highest BCUT2D eigenvalue weighted by molar-refractivity contribution is 7.60. The van der Waals surface area contributed by atoms with E-state index in [1.54, 1.807) is 41.3 Å². The third-order valence-corrected chi connectivity index (χ3v) is 8.07. The maximum absolute atomic E-state index is 14.2. The van der Waals surface area contributed by atoms with Crippen molar-refractivity contribution in [2.75, 3.05) is 4.90 Å². The number of hydrogen-bond donors (Lipinski definition) is 4. The number of rotatable bonds is 8. The van der Waals surface area contributed by atoms with Crippen LogP contribution in [0.4, 0.5) is 10.1 Å². The van der Waals surface area contributed by atoms with Crippen molar-refractivity contribution < 1.29 is 33.7 Å². The Morgan fingerprint density at radius 2 is 1.62 bits per heavy atom. The largest absolute Gasteiger partial charge is 0.507 e. The molecule has 39 heavy (non-hydrogen) atoms. The normalized spacial score (nSPS) is 18.1. The van der Waals surface area contributed by atoms with Gasteiger partial charge in [0.05, 0.1) is 23.4 Å². The third kappa shape index (κ3) is 5.37. The van der Waals surface area contributed by atoms with Crippen LogP contribution < -0.4 is 10.2 Å². The van der Waals surface area contributed by atoms with Gasteiger partial charge in [-0.2, -0.15) is 0 Å². The van der Waals surface area contributed by atoms with Gasteiger partial charge in [0.1, 0.15) is 11.6 Å². The average Bonchev–Trinajstić information content (AvgIpc) is 2.92. The van der Waals surface area contributed by atoms with Gasteiger partial charge in [-0.3, -0.25) is 9.36 Å². The summed E-state index contributed by atoms with van der Waals surface area (Å²) in [6.45, 7) is 0. The van der Waals surface area contributed by atoms with Crippen LogP contribution in [0.3, 0.4) is 0 Å². The number of carbonyl (C=O) groups excluding carboxylic acids is 1. The molecule has 0 bridgehead atoms. The van der Waals surface area contributed by atoms with Crippen LogP contribution in [0.2, 0.25) is 0 Å². The highest BCUT2D eigenvalue weighted by atomic mass is 31.2. The molecule has 0 aromatic heterocycles. The molecule has 0 unspecified atom stereocenters. The summed E-state index contributed by atoms with van der Waals surface area (Å²) >= 11 is 0. The molecule has 4 N–H and O–H groups in total. The number of amides is 1. The molecule has 0 spiro atoms. The van der Waals surface area contributed by atoms with Gasteiger partial charge in [0, 0.05) is 16.8 Å². The number of phenols is 1. The highest BCUT2D eigenvalue weighted by Crippen LogP contribution is 2.48. The molecule has 4 aromatic rings. The zero-order valence-corrected chi connectivity index (χ0v) is 21.7. The Bertz CT molecular complexity index is 1560. The summed E-state index contributed by atoms with van der Waals surface area (Å²) in [6.07, 6.45) is -0.590. The molecule has 1 amide bonds. The number of phenolic OH excluding ortho intramolecular Hbond substituents is 1. The summed E-state index contributed by atoms with van der Waals surface area (Å²) in [4.78, 5) is 34.0. The van der Waals surface area contributed by atoms with Crippen LogP contribution in [0.1, 0.15) is 36.1 Å². The molecule has 0 saturated carbocycles. The van der Waals surface area contributed by atoms with E-state index in [-0.39, 0.29) is 28.9 Å². The summed E-state index contributed by atoms with van der Waals surface area (Å²) in [6, 6.07) is 25.5. The lowest BCUT2D eigenvalue weighted by Gasteiger charge is -2.48. The molecule has 4 aromatic carbocycles. The number of aromatic hydroxyl groups is 1. The molecule has 200 valence electrons. The zero-order valence-electron chi connectivity index (χ0n) is 20.8. The van der Waals surface area contributed by atoms with E-state index in [1.807, 2.05) is 30.3 Å². The quantitative estimate of drug-likeness (QED) is 0.178. The Kier molecular flexibility index (Phi) is 7.38. The first kappa shape index (κ1) is 26.8. The molecular formula is C30H27FNO6P. The Balaban J connectivity index is 1.45. The number of carbonyl (C=O) groups is 1. The number of anilines is 1. The van der Waals surface area contributed by atoms with E-state index in [2.05, 4.69) is 0 Å². The van der Waals surface area contributed by atoms with Crippen molar-refractivity contribution in [3.8, 4) is 16.9 Å². The Hall–Kier alpha value is -3.81. The second-order valence-electron chi connectivity index (χ2n) is 9.58. The van der Waals surface area contributed by atoms with Gasteiger partial charge in [-0.1, -0.05) is 60.7 Å². The third-order valence-electron chi connectivity index (χ3n) is 7.12. The molecule has 1 aliphatic rings. The van der Waals surface area contributed by atoms with Crippen LogP contribution >= 0.6 is 7.60 Å². The molecule has 0 radical (unpaired) electrons. The van der Waals surface area contributed by atoms with E-state index < -0.39 is 31.5 Å². The van der Waals surface area contributed by atoms with Gasteiger partial charge in [0.25, 0.3) is 0 Å². The van der Waals surface area contributed by atoms with E-state index in [0.29, 0.717) is 28.8 Å². The van der Waals surface area contributed by atoms with E-state index in [4.69, 9.17) is 0 Å². The van der Waals surface area contributed by atoms with E-state index >= 15 is 0 Å². The van der Waals surface area contributed by atoms with E-state index in [9.17, 15) is 33.7 Å². The molecule has 5 rings (SSSR count). The SMILES string of the molecule is O=C1[C@H](CC[C@H](O)c2ccccc2F)[C@@H](c2ccc(-c3cccc(P(=O)(O)O)c3)c(O)c2)N1c1ccccc1. The maximum Gasteiger partial charge on any atom is 0.356 e. The van der Waals surface area contributed by atoms with Crippen LogP contribution in [0.5, 0.6) is 5.75 Å². The number of β-lactam (4-membered cyclic amide) rings is 1. The Labute approximate surface area is 225 Å². The number of para-hydroxylation sites is 1. The Morgan fingerprint density at radius 1 is 0.897 bits per heavy atom. The highest BCUT2D eigenvalue weighted by Gasteiger charge is 2.48.